The molecule has 2 bridgehead atoms. The third kappa shape index (κ3) is 2.34. The van der Waals surface area contributed by atoms with Crippen LogP contribution in [0.4, 0.5) is 26.3 Å². The van der Waals surface area contributed by atoms with Gasteiger partial charge in [-0.25, -0.2) is 4.79 Å². The van der Waals surface area contributed by atoms with Crippen molar-refractivity contribution in [1.82, 2.24) is 0 Å². The summed E-state index contributed by atoms with van der Waals surface area (Å²) in [6, 6.07) is 0. The molecule has 24 heavy (non-hydrogen) atoms. The van der Waals surface area contributed by atoms with E-state index in [4.69, 9.17) is 4.74 Å². The van der Waals surface area contributed by atoms with E-state index in [1.807, 2.05) is 0 Å². The number of aliphatic hydroxyl groups is 1. The molecule has 0 aromatic rings. The molecule has 2 saturated carbocycles. The number of carbonyl (C=O) groups excluding carboxylic acids is 1. The van der Waals surface area contributed by atoms with Crippen molar-refractivity contribution >= 4 is 5.97 Å². The third-order valence-electron chi connectivity index (χ3n) is 5.70. The summed E-state index contributed by atoms with van der Waals surface area (Å²) < 4.78 is 82.8. The van der Waals surface area contributed by atoms with Gasteiger partial charge in [0.2, 0.25) is 0 Å². The predicted octanol–water partition coefficient (Wildman–Crippen LogP) is 3.52. The molecule has 1 saturated heterocycles. The molecule has 1 aliphatic heterocycles. The number of fused-ring (bicyclic) bond motifs is 3. The Morgan fingerprint density at radius 1 is 1.17 bits per heavy atom. The molecular weight excluding hydrogens is 342 g/mol. The number of hydrogen-bond donors (Lipinski definition) is 1. The standard InChI is InChI=1S/C15H16F6O3/c1-7-4-12(24-11(7)22)5-8-2-9(10(12)3-8)6-13(23,14(16,17)18)15(19,20)21/h8-10,23H,1-6H2. The Balaban J connectivity index is 1.86. The second kappa shape index (κ2) is 4.89. The van der Waals surface area contributed by atoms with Gasteiger partial charge in [0.1, 0.15) is 5.60 Å². The normalized spacial score (nSPS) is 36.7. The predicted molar refractivity (Wildman–Crippen MR) is 68.6 cm³/mol. The summed E-state index contributed by atoms with van der Waals surface area (Å²) in [4.78, 5) is 11.6. The highest BCUT2D eigenvalue weighted by molar-refractivity contribution is 5.90. The van der Waals surface area contributed by atoms with Crippen LogP contribution in [0.5, 0.6) is 0 Å². The summed E-state index contributed by atoms with van der Waals surface area (Å²) in [5.41, 5.74) is -5.63. The molecule has 3 fully saturated rings. The summed E-state index contributed by atoms with van der Waals surface area (Å²) in [7, 11) is 0. The first-order valence-electron chi connectivity index (χ1n) is 7.56. The average Bonchev–Trinajstić information content (AvgIpc) is 3.00. The molecule has 9 heteroatoms. The quantitative estimate of drug-likeness (QED) is 0.467. The molecule has 3 rings (SSSR count). The highest BCUT2D eigenvalue weighted by Gasteiger charge is 2.72. The minimum Gasteiger partial charge on any atom is -0.455 e. The van der Waals surface area contributed by atoms with Gasteiger partial charge in [-0.15, -0.1) is 0 Å². The number of hydrogen-bond acceptors (Lipinski definition) is 3. The van der Waals surface area contributed by atoms with Crippen molar-refractivity contribution in [3.05, 3.63) is 12.2 Å². The second-order valence-electron chi connectivity index (χ2n) is 7.20. The van der Waals surface area contributed by atoms with Gasteiger partial charge in [0.15, 0.2) is 0 Å². The zero-order valence-corrected chi connectivity index (χ0v) is 12.5. The van der Waals surface area contributed by atoms with E-state index in [1.165, 1.54) is 0 Å². The molecule has 1 N–H and O–H groups in total. The number of carbonyl (C=O) groups is 1. The zero-order valence-electron chi connectivity index (χ0n) is 12.5. The lowest BCUT2D eigenvalue weighted by Crippen LogP contribution is -2.58. The van der Waals surface area contributed by atoms with Crippen molar-refractivity contribution in [2.75, 3.05) is 0 Å². The van der Waals surface area contributed by atoms with Crippen LogP contribution >= 0.6 is 0 Å². The highest BCUT2D eigenvalue weighted by Crippen LogP contribution is 2.62. The van der Waals surface area contributed by atoms with Crippen LogP contribution in [0.2, 0.25) is 0 Å². The zero-order chi connectivity index (χ0) is 18.1. The van der Waals surface area contributed by atoms with Crippen LogP contribution in [0.1, 0.15) is 32.1 Å². The fourth-order valence-electron chi connectivity index (χ4n) is 4.74. The molecule has 136 valence electrons. The first-order chi connectivity index (χ1) is 10.8. The van der Waals surface area contributed by atoms with E-state index in [0.717, 1.165) is 0 Å². The van der Waals surface area contributed by atoms with E-state index in [0.29, 0.717) is 12.8 Å². The van der Waals surface area contributed by atoms with Crippen LogP contribution in [0.15, 0.2) is 12.2 Å². The van der Waals surface area contributed by atoms with Gasteiger partial charge in [0.25, 0.3) is 5.60 Å². The third-order valence-corrected chi connectivity index (χ3v) is 5.70. The first-order valence-corrected chi connectivity index (χ1v) is 7.56. The van der Waals surface area contributed by atoms with Crippen molar-refractivity contribution in [2.45, 2.75) is 55.7 Å². The van der Waals surface area contributed by atoms with Gasteiger partial charge in [-0.05, 0) is 37.5 Å². The van der Waals surface area contributed by atoms with Crippen molar-refractivity contribution in [3.63, 3.8) is 0 Å². The highest BCUT2D eigenvalue weighted by atomic mass is 19.4. The summed E-state index contributed by atoms with van der Waals surface area (Å²) in [6.07, 6.45) is -12.0. The Bertz CT molecular complexity index is 549. The number of ether oxygens (including phenoxy) is 1. The molecule has 0 aromatic heterocycles. The molecule has 3 aliphatic rings. The smallest absolute Gasteiger partial charge is 0.426 e. The van der Waals surface area contributed by atoms with Crippen LogP contribution in [-0.2, 0) is 9.53 Å². The van der Waals surface area contributed by atoms with Crippen molar-refractivity contribution in [2.24, 2.45) is 17.8 Å². The van der Waals surface area contributed by atoms with Crippen LogP contribution in [0, 0.1) is 17.8 Å². The van der Waals surface area contributed by atoms with Gasteiger partial charge >= 0.3 is 18.3 Å². The lowest BCUT2D eigenvalue weighted by Gasteiger charge is -2.41. The number of rotatable bonds is 2. The minimum absolute atomic E-state index is 0.107. The van der Waals surface area contributed by atoms with Crippen molar-refractivity contribution < 1.29 is 41.0 Å². The van der Waals surface area contributed by atoms with Crippen LogP contribution in [0.3, 0.4) is 0 Å². The molecule has 0 aromatic carbocycles. The van der Waals surface area contributed by atoms with E-state index in [9.17, 15) is 36.2 Å². The topological polar surface area (TPSA) is 46.5 Å². The monoisotopic (exact) mass is 358 g/mol. The van der Waals surface area contributed by atoms with E-state index < -0.39 is 47.8 Å². The summed E-state index contributed by atoms with van der Waals surface area (Å²) in [5.74, 6) is -2.40. The summed E-state index contributed by atoms with van der Waals surface area (Å²) in [6.45, 7) is 3.53. The molecule has 0 radical (unpaired) electrons. The molecule has 2 aliphatic carbocycles. The molecule has 0 amide bonds. The summed E-state index contributed by atoms with van der Waals surface area (Å²) in [5, 5.41) is 9.43. The van der Waals surface area contributed by atoms with Crippen molar-refractivity contribution in [3.8, 4) is 0 Å². The Kier molecular flexibility index (Phi) is 3.58. The van der Waals surface area contributed by atoms with E-state index in [2.05, 4.69) is 6.58 Å². The average molecular weight is 358 g/mol. The van der Waals surface area contributed by atoms with Crippen LogP contribution < -0.4 is 0 Å². The Morgan fingerprint density at radius 3 is 2.17 bits per heavy atom. The van der Waals surface area contributed by atoms with Gasteiger partial charge in [0.05, 0.1) is 0 Å². The molecule has 4 atom stereocenters. The molecular formula is C15H16F6O3. The molecule has 4 unspecified atom stereocenters. The SMILES string of the molecule is C=C1CC2(CC3CC(CC(O)(C(F)(F)F)C(F)(F)F)C2C3)OC1=O. The number of alkyl halides is 6. The maximum absolute atomic E-state index is 12.9. The lowest BCUT2D eigenvalue weighted by molar-refractivity contribution is -0.374. The first kappa shape index (κ1) is 17.6. The van der Waals surface area contributed by atoms with Crippen LogP contribution in [0.25, 0.3) is 0 Å². The van der Waals surface area contributed by atoms with Crippen LogP contribution in [-0.4, -0.2) is 34.6 Å². The van der Waals surface area contributed by atoms with Gasteiger partial charge in [-0.3, -0.25) is 0 Å². The van der Waals surface area contributed by atoms with E-state index >= 15 is 0 Å². The minimum atomic E-state index is -5.82. The van der Waals surface area contributed by atoms with E-state index in [-0.39, 0.29) is 24.3 Å². The largest absolute Gasteiger partial charge is 0.455 e. The molecule has 3 nitrogen and oxygen atoms in total. The maximum atomic E-state index is 12.9. The van der Waals surface area contributed by atoms with Crippen molar-refractivity contribution in [1.29, 1.82) is 0 Å². The Hall–Kier alpha value is -1.25. The lowest BCUT2D eigenvalue weighted by atomic mass is 9.71. The maximum Gasteiger partial charge on any atom is 0.426 e. The fourth-order valence-corrected chi connectivity index (χ4v) is 4.74. The fraction of sp³-hybridized carbons (Fsp3) is 0.800. The number of halogens is 6. The molecule has 1 heterocycles. The Morgan fingerprint density at radius 2 is 1.75 bits per heavy atom. The van der Waals surface area contributed by atoms with E-state index in [1.54, 1.807) is 0 Å². The van der Waals surface area contributed by atoms with Gasteiger partial charge in [-0.1, -0.05) is 6.58 Å². The summed E-state index contributed by atoms with van der Waals surface area (Å²) >= 11 is 0. The van der Waals surface area contributed by atoms with Gasteiger partial charge in [-0.2, -0.15) is 26.3 Å². The number of esters is 1. The van der Waals surface area contributed by atoms with Gasteiger partial charge < -0.3 is 9.84 Å². The second-order valence-corrected chi connectivity index (χ2v) is 7.20. The molecule has 1 spiro atoms. The Labute approximate surface area is 133 Å². The van der Waals surface area contributed by atoms with Gasteiger partial charge in [0, 0.05) is 17.9 Å².